The molecule has 1 atom stereocenters. The topological polar surface area (TPSA) is 62.5 Å². The summed E-state index contributed by atoms with van der Waals surface area (Å²) >= 11 is 0. The molecular formula is C21H20N2O3. The van der Waals surface area contributed by atoms with Gasteiger partial charge in [0.05, 0.1) is 11.6 Å². The first kappa shape index (κ1) is 16.4. The van der Waals surface area contributed by atoms with Crippen LogP contribution in [0, 0.1) is 0 Å². The predicted octanol–water partition coefficient (Wildman–Crippen LogP) is 3.80. The van der Waals surface area contributed by atoms with E-state index in [0.29, 0.717) is 5.69 Å². The number of amides is 2. The average Bonchev–Trinajstić information content (AvgIpc) is 3.13. The van der Waals surface area contributed by atoms with Gasteiger partial charge in [0.25, 0.3) is 0 Å². The standard InChI is InChI=1S/C21H20N2O3/c1-2-10-22-13-18(16-8-3-4-9-19(16)22)17-12-20(25)23(21(17)26)14-6-5-7-15(24)11-14/h3-9,11,13,17,24H,2,10,12H2,1H3. The van der Waals surface area contributed by atoms with E-state index in [9.17, 15) is 14.7 Å². The molecule has 0 saturated carbocycles. The van der Waals surface area contributed by atoms with Crippen LogP contribution in [0.5, 0.6) is 5.75 Å². The summed E-state index contributed by atoms with van der Waals surface area (Å²) in [5.74, 6) is -0.933. The van der Waals surface area contributed by atoms with Gasteiger partial charge in [-0.15, -0.1) is 0 Å². The van der Waals surface area contributed by atoms with Crippen LogP contribution in [0.15, 0.2) is 54.7 Å². The maximum Gasteiger partial charge on any atom is 0.241 e. The van der Waals surface area contributed by atoms with Gasteiger partial charge in [0.15, 0.2) is 0 Å². The number of hydrogen-bond acceptors (Lipinski definition) is 3. The summed E-state index contributed by atoms with van der Waals surface area (Å²) in [7, 11) is 0. The molecule has 1 saturated heterocycles. The second-order valence-electron chi connectivity index (χ2n) is 6.64. The molecular weight excluding hydrogens is 328 g/mol. The Labute approximate surface area is 151 Å². The Kier molecular flexibility index (Phi) is 3.99. The third-order valence-electron chi connectivity index (χ3n) is 4.89. The van der Waals surface area contributed by atoms with Crippen LogP contribution in [0.2, 0.25) is 0 Å². The Hall–Kier alpha value is -3.08. The van der Waals surface area contributed by atoms with Gasteiger partial charge in [-0.1, -0.05) is 31.2 Å². The van der Waals surface area contributed by atoms with Gasteiger partial charge >= 0.3 is 0 Å². The highest BCUT2D eigenvalue weighted by molar-refractivity contribution is 6.23. The van der Waals surface area contributed by atoms with Crippen LogP contribution in [0.3, 0.4) is 0 Å². The van der Waals surface area contributed by atoms with Crippen LogP contribution in [0.4, 0.5) is 5.69 Å². The smallest absolute Gasteiger partial charge is 0.241 e. The summed E-state index contributed by atoms with van der Waals surface area (Å²) in [5.41, 5.74) is 2.40. The zero-order valence-corrected chi connectivity index (χ0v) is 14.6. The van der Waals surface area contributed by atoms with Crippen molar-refractivity contribution in [3.63, 3.8) is 0 Å². The quantitative estimate of drug-likeness (QED) is 0.730. The Morgan fingerprint density at radius 1 is 1.12 bits per heavy atom. The van der Waals surface area contributed by atoms with E-state index in [2.05, 4.69) is 11.5 Å². The molecule has 0 aliphatic carbocycles. The summed E-state index contributed by atoms with van der Waals surface area (Å²) in [6, 6.07) is 14.2. The van der Waals surface area contributed by atoms with Crippen molar-refractivity contribution in [2.45, 2.75) is 32.2 Å². The molecule has 1 N–H and O–H groups in total. The third-order valence-corrected chi connectivity index (χ3v) is 4.89. The lowest BCUT2D eigenvalue weighted by Gasteiger charge is -2.15. The number of anilines is 1. The van der Waals surface area contributed by atoms with Crippen LogP contribution >= 0.6 is 0 Å². The van der Waals surface area contributed by atoms with Crippen molar-refractivity contribution in [2.75, 3.05) is 4.90 Å². The molecule has 2 aromatic carbocycles. The SMILES string of the molecule is CCCn1cc(C2CC(=O)N(c3cccc(O)c3)C2=O)c2ccccc21. The van der Waals surface area contributed by atoms with E-state index in [4.69, 9.17) is 0 Å². The second-order valence-corrected chi connectivity index (χ2v) is 6.64. The summed E-state index contributed by atoms with van der Waals surface area (Å²) in [4.78, 5) is 26.8. The summed E-state index contributed by atoms with van der Waals surface area (Å²) in [6.45, 7) is 2.98. The number of carbonyl (C=O) groups is 2. The van der Waals surface area contributed by atoms with Crippen molar-refractivity contribution in [3.05, 3.63) is 60.3 Å². The molecule has 4 rings (SSSR count). The first-order valence-corrected chi connectivity index (χ1v) is 8.83. The summed E-state index contributed by atoms with van der Waals surface area (Å²) in [6.07, 6.45) is 3.15. The minimum absolute atomic E-state index is 0.0334. The highest BCUT2D eigenvalue weighted by Crippen LogP contribution is 2.38. The van der Waals surface area contributed by atoms with Crippen molar-refractivity contribution in [1.82, 2.24) is 4.57 Å². The summed E-state index contributed by atoms with van der Waals surface area (Å²) < 4.78 is 2.15. The average molecular weight is 348 g/mol. The Morgan fingerprint density at radius 2 is 1.92 bits per heavy atom. The molecule has 1 unspecified atom stereocenters. The Morgan fingerprint density at radius 3 is 2.69 bits per heavy atom. The molecule has 2 amide bonds. The van der Waals surface area contributed by atoms with Crippen molar-refractivity contribution in [3.8, 4) is 5.75 Å². The number of phenolic OH excluding ortho intramolecular Hbond substituents is 1. The number of hydrogen-bond donors (Lipinski definition) is 1. The number of aromatic nitrogens is 1. The van der Waals surface area contributed by atoms with Crippen LogP contribution in [0.25, 0.3) is 10.9 Å². The van der Waals surface area contributed by atoms with Gasteiger partial charge in [-0.05, 0) is 30.2 Å². The van der Waals surface area contributed by atoms with E-state index < -0.39 is 5.92 Å². The molecule has 2 heterocycles. The molecule has 132 valence electrons. The maximum atomic E-state index is 13.1. The fourth-order valence-corrected chi connectivity index (χ4v) is 3.76. The van der Waals surface area contributed by atoms with Gasteiger partial charge in [0, 0.05) is 36.1 Å². The number of fused-ring (bicyclic) bond motifs is 1. The van der Waals surface area contributed by atoms with E-state index in [-0.39, 0.29) is 24.0 Å². The fraction of sp³-hybridized carbons (Fsp3) is 0.238. The van der Waals surface area contributed by atoms with Gasteiger partial charge < -0.3 is 9.67 Å². The third kappa shape index (κ3) is 2.56. The molecule has 3 aromatic rings. The Bertz CT molecular complexity index is 1010. The van der Waals surface area contributed by atoms with Gasteiger partial charge in [-0.3, -0.25) is 9.59 Å². The number of benzene rings is 2. The van der Waals surface area contributed by atoms with E-state index in [0.717, 1.165) is 29.4 Å². The first-order valence-electron chi connectivity index (χ1n) is 8.83. The van der Waals surface area contributed by atoms with Crippen molar-refractivity contribution in [2.24, 2.45) is 0 Å². The van der Waals surface area contributed by atoms with E-state index in [1.165, 1.54) is 17.0 Å². The monoisotopic (exact) mass is 348 g/mol. The van der Waals surface area contributed by atoms with Crippen molar-refractivity contribution in [1.29, 1.82) is 0 Å². The molecule has 5 heteroatoms. The van der Waals surface area contributed by atoms with E-state index in [1.807, 2.05) is 30.5 Å². The van der Waals surface area contributed by atoms with Gasteiger partial charge in [-0.25, -0.2) is 4.90 Å². The molecule has 5 nitrogen and oxygen atoms in total. The number of carbonyl (C=O) groups excluding carboxylic acids is 2. The zero-order valence-electron chi connectivity index (χ0n) is 14.6. The number of imide groups is 1. The lowest BCUT2D eigenvalue weighted by molar-refractivity contribution is -0.121. The molecule has 0 spiro atoms. The maximum absolute atomic E-state index is 13.1. The normalized spacial score (nSPS) is 17.4. The molecule has 1 aromatic heterocycles. The Balaban J connectivity index is 1.77. The molecule has 26 heavy (non-hydrogen) atoms. The number of phenols is 1. The minimum Gasteiger partial charge on any atom is -0.508 e. The van der Waals surface area contributed by atoms with E-state index in [1.54, 1.807) is 12.1 Å². The number of rotatable bonds is 4. The van der Waals surface area contributed by atoms with Crippen LogP contribution in [0.1, 0.15) is 31.2 Å². The molecule has 1 aliphatic rings. The minimum atomic E-state index is -0.493. The number of aromatic hydroxyl groups is 1. The second kappa shape index (κ2) is 6.33. The fourth-order valence-electron chi connectivity index (χ4n) is 3.76. The molecule has 0 bridgehead atoms. The first-order chi connectivity index (χ1) is 12.6. The molecule has 1 fully saturated rings. The zero-order chi connectivity index (χ0) is 18.3. The predicted molar refractivity (Wildman–Crippen MR) is 100 cm³/mol. The highest BCUT2D eigenvalue weighted by atomic mass is 16.3. The molecule has 1 aliphatic heterocycles. The summed E-state index contributed by atoms with van der Waals surface area (Å²) in [5, 5.41) is 10.7. The van der Waals surface area contributed by atoms with Crippen LogP contribution < -0.4 is 4.90 Å². The van der Waals surface area contributed by atoms with E-state index >= 15 is 0 Å². The van der Waals surface area contributed by atoms with Crippen LogP contribution in [-0.2, 0) is 16.1 Å². The van der Waals surface area contributed by atoms with Crippen molar-refractivity contribution < 1.29 is 14.7 Å². The van der Waals surface area contributed by atoms with Gasteiger partial charge in [0.1, 0.15) is 5.75 Å². The van der Waals surface area contributed by atoms with Gasteiger partial charge in [0.2, 0.25) is 11.8 Å². The van der Waals surface area contributed by atoms with Crippen LogP contribution in [-0.4, -0.2) is 21.5 Å². The lowest BCUT2D eigenvalue weighted by atomic mass is 9.97. The molecule has 0 radical (unpaired) electrons. The lowest BCUT2D eigenvalue weighted by Crippen LogP contribution is -2.29. The largest absolute Gasteiger partial charge is 0.508 e. The number of para-hydroxylation sites is 1. The van der Waals surface area contributed by atoms with Crippen molar-refractivity contribution >= 4 is 28.4 Å². The van der Waals surface area contributed by atoms with Gasteiger partial charge in [-0.2, -0.15) is 0 Å². The number of nitrogens with zero attached hydrogens (tertiary/aromatic N) is 2. The highest BCUT2D eigenvalue weighted by Gasteiger charge is 2.41. The number of aryl methyl sites for hydroxylation is 1.